The highest BCUT2D eigenvalue weighted by molar-refractivity contribution is 14.1. The summed E-state index contributed by atoms with van der Waals surface area (Å²) in [6.45, 7) is 6.04. The first kappa shape index (κ1) is 21.1. The number of hydrogen-bond donors (Lipinski definition) is 1. The van der Waals surface area contributed by atoms with Crippen molar-refractivity contribution in [3.63, 3.8) is 0 Å². The first-order valence-corrected chi connectivity index (χ1v) is 11.8. The summed E-state index contributed by atoms with van der Waals surface area (Å²) in [5.41, 5.74) is 6.07. The molecule has 1 N–H and O–H groups in total. The number of halogens is 1. The number of aryl methyl sites for hydroxylation is 2. The van der Waals surface area contributed by atoms with Crippen LogP contribution in [0.3, 0.4) is 0 Å². The molecule has 6 nitrogen and oxygen atoms in total. The van der Waals surface area contributed by atoms with Gasteiger partial charge in [0.1, 0.15) is 5.75 Å². The quantitative estimate of drug-likeness (QED) is 0.338. The summed E-state index contributed by atoms with van der Waals surface area (Å²) in [5.74, 6) is 0.742. The minimum absolute atomic E-state index is 0.332. The maximum atomic E-state index is 6.04. The number of hydrogen-bond acceptors (Lipinski definition) is 5. The van der Waals surface area contributed by atoms with Crippen molar-refractivity contribution < 1.29 is 4.74 Å². The summed E-state index contributed by atoms with van der Waals surface area (Å²) in [5, 5.41) is 3.45. The zero-order chi connectivity index (χ0) is 22.1. The van der Waals surface area contributed by atoms with Crippen LogP contribution in [0.2, 0.25) is 0 Å². The lowest BCUT2D eigenvalue weighted by Gasteiger charge is -2.16. The maximum Gasteiger partial charge on any atom is 0.322 e. The molecular formula is C25H24IN5O. The van der Waals surface area contributed by atoms with Crippen LogP contribution in [0, 0.1) is 17.4 Å². The lowest BCUT2D eigenvalue weighted by atomic mass is 10.1. The maximum absolute atomic E-state index is 6.04. The average Bonchev–Trinajstić information content (AvgIpc) is 3.44. The van der Waals surface area contributed by atoms with Crippen molar-refractivity contribution in [1.82, 2.24) is 24.8 Å². The van der Waals surface area contributed by atoms with Crippen LogP contribution < -0.4 is 10.1 Å². The molecule has 0 saturated carbocycles. The number of rotatable bonds is 5. The molecule has 4 aromatic rings. The Balaban J connectivity index is 1.57. The number of imidazole rings is 1. The largest absolute Gasteiger partial charge is 0.424 e. The van der Waals surface area contributed by atoms with Gasteiger partial charge in [0.05, 0.1) is 23.4 Å². The molecule has 7 heteroatoms. The second-order valence-electron chi connectivity index (χ2n) is 8.15. The number of benzene rings is 2. The van der Waals surface area contributed by atoms with E-state index in [4.69, 9.17) is 14.7 Å². The van der Waals surface area contributed by atoms with Crippen LogP contribution >= 0.6 is 22.6 Å². The van der Waals surface area contributed by atoms with Crippen molar-refractivity contribution in [3.05, 3.63) is 75.8 Å². The van der Waals surface area contributed by atoms with Gasteiger partial charge in [0.25, 0.3) is 0 Å². The summed E-state index contributed by atoms with van der Waals surface area (Å²) in [7, 11) is 0. The van der Waals surface area contributed by atoms with Crippen LogP contribution in [0.15, 0.2) is 61.1 Å². The van der Waals surface area contributed by atoms with E-state index in [1.807, 2.05) is 24.5 Å². The Bertz CT molecular complexity index is 1230. The minimum Gasteiger partial charge on any atom is -0.424 e. The molecule has 1 atom stereocenters. The minimum atomic E-state index is 0.332. The zero-order valence-electron chi connectivity index (χ0n) is 18.0. The van der Waals surface area contributed by atoms with Crippen molar-refractivity contribution in [1.29, 1.82) is 0 Å². The van der Waals surface area contributed by atoms with Crippen molar-refractivity contribution >= 4 is 22.6 Å². The molecule has 0 bridgehead atoms. The van der Waals surface area contributed by atoms with Gasteiger partial charge in [-0.25, -0.2) is 9.97 Å². The lowest BCUT2D eigenvalue weighted by Crippen LogP contribution is -2.14. The van der Waals surface area contributed by atoms with Gasteiger partial charge in [-0.05, 0) is 90.9 Å². The molecular weight excluding hydrogens is 513 g/mol. The van der Waals surface area contributed by atoms with Gasteiger partial charge in [-0.3, -0.25) is 0 Å². The normalized spacial score (nSPS) is 15.8. The van der Waals surface area contributed by atoms with Gasteiger partial charge in [-0.15, -0.1) is 0 Å². The lowest BCUT2D eigenvalue weighted by molar-refractivity contribution is 0.441. The highest BCUT2D eigenvalue weighted by Gasteiger charge is 2.24. The summed E-state index contributed by atoms with van der Waals surface area (Å²) in [6.07, 6.45) is 4.75. The van der Waals surface area contributed by atoms with E-state index in [0.717, 1.165) is 59.0 Å². The Morgan fingerprint density at radius 3 is 2.53 bits per heavy atom. The molecule has 0 spiro atoms. The fourth-order valence-corrected chi connectivity index (χ4v) is 4.57. The second kappa shape index (κ2) is 8.99. The van der Waals surface area contributed by atoms with Gasteiger partial charge in [0, 0.05) is 27.9 Å². The van der Waals surface area contributed by atoms with Crippen LogP contribution in [0.1, 0.15) is 23.6 Å². The molecule has 0 amide bonds. The van der Waals surface area contributed by atoms with E-state index < -0.39 is 0 Å². The van der Waals surface area contributed by atoms with E-state index >= 15 is 0 Å². The van der Waals surface area contributed by atoms with Crippen LogP contribution in [0.5, 0.6) is 11.8 Å². The predicted octanol–water partition coefficient (Wildman–Crippen LogP) is 5.56. The fourth-order valence-electron chi connectivity index (χ4n) is 4.21. The number of aromatic nitrogens is 4. The van der Waals surface area contributed by atoms with Crippen LogP contribution in [0.25, 0.3) is 22.6 Å². The summed E-state index contributed by atoms with van der Waals surface area (Å²) < 4.78 is 9.48. The topological polar surface area (TPSA) is 64.9 Å². The number of nitrogens with one attached hydrogen (secondary N) is 1. The van der Waals surface area contributed by atoms with Crippen LogP contribution in [0.4, 0.5) is 0 Å². The molecule has 0 unspecified atom stereocenters. The van der Waals surface area contributed by atoms with Crippen molar-refractivity contribution in [3.8, 4) is 34.4 Å². The van der Waals surface area contributed by atoms with Crippen LogP contribution in [-0.2, 0) is 0 Å². The van der Waals surface area contributed by atoms with Gasteiger partial charge in [-0.2, -0.15) is 4.98 Å². The first-order valence-electron chi connectivity index (χ1n) is 10.7. The smallest absolute Gasteiger partial charge is 0.322 e. The van der Waals surface area contributed by atoms with Crippen molar-refractivity contribution in [2.45, 2.75) is 26.3 Å². The first-order chi connectivity index (χ1) is 15.6. The van der Waals surface area contributed by atoms with E-state index in [0.29, 0.717) is 12.1 Å². The molecule has 1 saturated heterocycles. The van der Waals surface area contributed by atoms with Gasteiger partial charge < -0.3 is 14.6 Å². The zero-order valence-corrected chi connectivity index (χ0v) is 20.2. The van der Waals surface area contributed by atoms with Gasteiger partial charge in [-0.1, -0.05) is 18.2 Å². The second-order valence-corrected chi connectivity index (χ2v) is 9.40. The Morgan fingerprint density at radius 1 is 1.03 bits per heavy atom. The fraction of sp³-hybridized carbons (Fsp3) is 0.240. The van der Waals surface area contributed by atoms with Gasteiger partial charge in [0.2, 0.25) is 0 Å². The molecule has 1 aliphatic heterocycles. The SMILES string of the molecule is Cc1cc(C)cc(Oc2nccc(-c3c(-c4ccc(I)cc4)ncn3[C@H]3CCNC3)n2)c1. The molecule has 2 aromatic heterocycles. The molecule has 5 rings (SSSR count). The Kier molecular flexibility index (Phi) is 5.93. The van der Waals surface area contributed by atoms with Crippen molar-refractivity contribution in [2.24, 2.45) is 0 Å². The molecule has 0 aliphatic carbocycles. The molecule has 3 heterocycles. The molecule has 1 aliphatic rings. The molecule has 1 fully saturated rings. The summed E-state index contributed by atoms with van der Waals surface area (Å²) in [6, 6.07) is 17.1. The van der Waals surface area contributed by atoms with E-state index in [9.17, 15) is 0 Å². The molecule has 162 valence electrons. The Hall–Kier alpha value is -2.78. The van der Waals surface area contributed by atoms with E-state index in [2.05, 4.69) is 81.6 Å². The predicted molar refractivity (Wildman–Crippen MR) is 134 cm³/mol. The third kappa shape index (κ3) is 4.40. The molecule has 32 heavy (non-hydrogen) atoms. The summed E-state index contributed by atoms with van der Waals surface area (Å²) in [4.78, 5) is 14.0. The Morgan fingerprint density at radius 2 is 1.81 bits per heavy atom. The number of nitrogens with zero attached hydrogens (tertiary/aromatic N) is 4. The monoisotopic (exact) mass is 537 g/mol. The van der Waals surface area contributed by atoms with Gasteiger partial charge >= 0.3 is 6.01 Å². The molecule has 0 radical (unpaired) electrons. The van der Waals surface area contributed by atoms with E-state index in [1.54, 1.807) is 6.20 Å². The Labute approximate surface area is 201 Å². The van der Waals surface area contributed by atoms with Gasteiger partial charge in [0.15, 0.2) is 0 Å². The number of ether oxygens (including phenoxy) is 1. The summed E-state index contributed by atoms with van der Waals surface area (Å²) >= 11 is 2.32. The highest BCUT2D eigenvalue weighted by atomic mass is 127. The van der Waals surface area contributed by atoms with Crippen molar-refractivity contribution in [2.75, 3.05) is 13.1 Å². The van der Waals surface area contributed by atoms with E-state index in [-0.39, 0.29) is 0 Å². The van der Waals surface area contributed by atoms with Crippen LogP contribution in [-0.4, -0.2) is 32.6 Å². The standard InChI is InChI=1S/C25H24IN5O/c1-16-11-17(2)13-21(12-16)32-25-28-10-8-22(30-25)24-23(18-3-5-19(26)6-4-18)29-15-31(24)20-7-9-27-14-20/h3-6,8,10-13,15,20,27H,7,9,14H2,1-2H3/t20-/m0/s1. The molecule has 2 aromatic carbocycles. The average molecular weight is 537 g/mol. The third-order valence-electron chi connectivity index (χ3n) is 5.62. The van der Waals surface area contributed by atoms with E-state index in [1.165, 1.54) is 3.57 Å². The third-order valence-corrected chi connectivity index (χ3v) is 6.34. The highest BCUT2D eigenvalue weighted by Crippen LogP contribution is 2.34.